The number of hydrogen-bond acceptors (Lipinski definition) is 2. The molecule has 0 aliphatic carbocycles. The van der Waals surface area contributed by atoms with Crippen molar-refractivity contribution in [3.63, 3.8) is 0 Å². The van der Waals surface area contributed by atoms with Crippen LogP contribution in [0.1, 0.15) is 12.0 Å². The van der Waals surface area contributed by atoms with Gasteiger partial charge < -0.3 is 5.73 Å². The Hall–Kier alpha value is -1.00. The summed E-state index contributed by atoms with van der Waals surface area (Å²) in [6.07, 6.45) is 0.928. The van der Waals surface area contributed by atoms with Crippen molar-refractivity contribution in [2.24, 2.45) is 5.73 Å². The van der Waals surface area contributed by atoms with Gasteiger partial charge in [0.1, 0.15) is 0 Å². The number of benzene rings is 1. The minimum Gasteiger partial charge on any atom is -0.326 e. The first-order valence-corrected chi connectivity index (χ1v) is 5.07. The molecule has 0 bridgehead atoms. The van der Waals surface area contributed by atoms with E-state index in [1.165, 1.54) is 6.07 Å². The Kier molecular flexibility index (Phi) is 2.98. The van der Waals surface area contributed by atoms with Gasteiger partial charge in [0.2, 0.25) is 0 Å². The number of nitrogens with zero attached hydrogens (tertiary/aromatic N) is 1. The van der Waals surface area contributed by atoms with Gasteiger partial charge in [-0.2, -0.15) is 0 Å². The molecule has 1 fully saturated rings. The average Bonchev–Trinajstić information content (AvgIpc) is 2.59. The molecule has 1 aromatic carbocycles. The molecule has 4 heteroatoms. The van der Waals surface area contributed by atoms with Gasteiger partial charge >= 0.3 is 0 Å². The maximum Gasteiger partial charge on any atom is 0.163 e. The second-order valence-corrected chi connectivity index (χ2v) is 4.00. The molecule has 2 nitrogen and oxygen atoms in total. The van der Waals surface area contributed by atoms with Gasteiger partial charge in [-0.15, -0.1) is 0 Å². The van der Waals surface area contributed by atoms with Crippen LogP contribution in [-0.4, -0.2) is 24.0 Å². The Morgan fingerprint density at radius 3 is 2.87 bits per heavy atom. The lowest BCUT2D eigenvalue weighted by Gasteiger charge is -2.15. The monoisotopic (exact) mass is 212 g/mol. The second-order valence-electron chi connectivity index (χ2n) is 4.00. The van der Waals surface area contributed by atoms with Crippen molar-refractivity contribution >= 4 is 0 Å². The molecule has 1 heterocycles. The van der Waals surface area contributed by atoms with E-state index in [-0.39, 0.29) is 6.04 Å². The van der Waals surface area contributed by atoms with Gasteiger partial charge in [-0.1, -0.05) is 12.1 Å². The maximum atomic E-state index is 13.3. The molecule has 82 valence electrons. The third-order valence-electron chi connectivity index (χ3n) is 2.73. The molecule has 0 unspecified atom stereocenters. The molecule has 1 atom stereocenters. The first-order chi connectivity index (χ1) is 7.16. The number of rotatable bonds is 2. The SMILES string of the molecule is N[C@H]1CCN(Cc2cccc(F)c2F)C1. The standard InChI is InChI=1S/C11H14F2N2/c12-10-3-1-2-8(11(10)13)6-15-5-4-9(14)7-15/h1-3,9H,4-7,14H2/t9-/m0/s1. The van der Waals surface area contributed by atoms with E-state index in [4.69, 9.17) is 5.73 Å². The van der Waals surface area contributed by atoms with E-state index in [9.17, 15) is 8.78 Å². The van der Waals surface area contributed by atoms with Crippen LogP contribution >= 0.6 is 0 Å². The lowest BCUT2D eigenvalue weighted by molar-refractivity contribution is 0.318. The molecule has 0 radical (unpaired) electrons. The fourth-order valence-electron chi connectivity index (χ4n) is 1.92. The van der Waals surface area contributed by atoms with Crippen LogP contribution in [0.2, 0.25) is 0 Å². The van der Waals surface area contributed by atoms with Crippen LogP contribution < -0.4 is 5.73 Å². The Bertz CT molecular complexity index is 354. The van der Waals surface area contributed by atoms with E-state index in [1.54, 1.807) is 6.07 Å². The quantitative estimate of drug-likeness (QED) is 0.805. The molecule has 1 aromatic rings. The summed E-state index contributed by atoms with van der Waals surface area (Å²) >= 11 is 0. The van der Waals surface area contributed by atoms with Crippen molar-refractivity contribution in [3.05, 3.63) is 35.4 Å². The van der Waals surface area contributed by atoms with Crippen molar-refractivity contribution in [2.75, 3.05) is 13.1 Å². The molecule has 1 aliphatic heterocycles. The fraction of sp³-hybridized carbons (Fsp3) is 0.455. The van der Waals surface area contributed by atoms with E-state index in [2.05, 4.69) is 0 Å². The van der Waals surface area contributed by atoms with Crippen LogP contribution in [0.4, 0.5) is 8.78 Å². The second kappa shape index (κ2) is 4.24. The molecule has 1 saturated heterocycles. The number of nitrogens with two attached hydrogens (primary N) is 1. The zero-order valence-electron chi connectivity index (χ0n) is 8.42. The highest BCUT2D eigenvalue weighted by Crippen LogP contribution is 2.16. The molecular formula is C11H14F2N2. The average molecular weight is 212 g/mol. The lowest BCUT2D eigenvalue weighted by Crippen LogP contribution is -2.26. The topological polar surface area (TPSA) is 29.3 Å². The van der Waals surface area contributed by atoms with Gasteiger partial charge in [0, 0.05) is 31.2 Å². The van der Waals surface area contributed by atoms with Crippen molar-refractivity contribution in [1.29, 1.82) is 0 Å². The van der Waals surface area contributed by atoms with Crippen molar-refractivity contribution in [1.82, 2.24) is 4.90 Å². The summed E-state index contributed by atoms with van der Waals surface area (Å²) in [5, 5.41) is 0. The Labute approximate surface area is 87.7 Å². The predicted octanol–water partition coefficient (Wildman–Crippen LogP) is 1.50. The van der Waals surface area contributed by atoms with E-state index in [1.807, 2.05) is 4.90 Å². The van der Waals surface area contributed by atoms with Gasteiger partial charge in [0.15, 0.2) is 11.6 Å². The number of hydrogen-bond donors (Lipinski definition) is 1. The summed E-state index contributed by atoms with van der Waals surface area (Å²) < 4.78 is 26.2. The Balaban J connectivity index is 2.07. The van der Waals surface area contributed by atoms with Crippen LogP contribution in [0.5, 0.6) is 0 Å². The summed E-state index contributed by atoms with van der Waals surface area (Å²) in [5.41, 5.74) is 6.14. The van der Waals surface area contributed by atoms with Gasteiger partial charge in [-0.25, -0.2) is 8.78 Å². The van der Waals surface area contributed by atoms with E-state index >= 15 is 0 Å². The van der Waals surface area contributed by atoms with Crippen LogP contribution in [0.3, 0.4) is 0 Å². The highest BCUT2D eigenvalue weighted by molar-refractivity contribution is 5.19. The molecular weight excluding hydrogens is 198 g/mol. The molecule has 2 rings (SSSR count). The molecule has 0 amide bonds. The van der Waals surface area contributed by atoms with Crippen LogP contribution in [0, 0.1) is 11.6 Å². The summed E-state index contributed by atoms with van der Waals surface area (Å²) in [6, 6.07) is 4.45. The summed E-state index contributed by atoms with van der Waals surface area (Å²) in [4.78, 5) is 2.04. The molecule has 15 heavy (non-hydrogen) atoms. The largest absolute Gasteiger partial charge is 0.326 e. The van der Waals surface area contributed by atoms with E-state index < -0.39 is 11.6 Å². The third kappa shape index (κ3) is 2.33. The maximum absolute atomic E-state index is 13.3. The van der Waals surface area contributed by atoms with Gasteiger partial charge in [-0.3, -0.25) is 4.90 Å². The highest BCUT2D eigenvalue weighted by atomic mass is 19.2. The van der Waals surface area contributed by atoms with Crippen molar-refractivity contribution in [3.8, 4) is 0 Å². The first-order valence-electron chi connectivity index (χ1n) is 5.07. The minimum absolute atomic E-state index is 0.168. The number of halogens is 2. The predicted molar refractivity (Wildman–Crippen MR) is 54.2 cm³/mol. The summed E-state index contributed by atoms with van der Waals surface area (Å²) in [5.74, 6) is -1.52. The summed E-state index contributed by atoms with van der Waals surface area (Å²) in [7, 11) is 0. The molecule has 0 saturated carbocycles. The van der Waals surface area contributed by atoms with Gasteiger partial charge in [0.25, 0.3) is 0 Å². The smallest absolute Gasteiger partial charge is 0.163 e. The van der Waals surface area contributed by atoms with Crippen molar-refractivity contribution in [2.45, 2.75) is 19.0 Å². The Morgan fingerprint density at radius 2 is 2.20 bits per heavy atom. The molecule has 0 spiro atoms. The zero-order chi connectivity index (χ0) is 10.8. The minimum atomic E-state index is -0.781. The van der Waals surface area contributed by atoms with Gasteiger partial charge in [-0.05, 0) is 12.5 Å². The molecule has 1 aliphatic rings. The Morgan fingerprint density at radius 1 is 1.40 bits per heavy atom. The highest BCUT2D eigenvalue weighted by Gasteiger charge is 2.20. The molecule has 2 N–H and O–H groups in total. The van der Waals surface area contributed by atoms with Crippen LogP contribution in [-0.2, 0) is 6.54 Å². The zero-order valence-corrected chi connectivity index (χ0v) is 8.42. The fourth-order valence-corrected chi connectivity index (χ4v) is 1.92. The summed E-state index contributed by atoms with van der Waals surface area (Å²) in [6.45, 7) is 2.06. The van der Waals surface area contributed by atoms with Crippen LogP contribution in [0.15, 0.2) is 18.2 Å². The number of likely N-dealkylation sites (tertiary alicyclic amines) is 1. The van der Waals surface area contributed by atoms with Crippen LogP contribution in [0.25, 0.3) is 0 Å². The molecule has 0 aromatic heterocycles. The first kappa shape index (κ1) is 10.5. The lowest BCUT2D eigenvalue weighted by atomic mass is 10.2. The third-order valence-corrected chi connectivity index (χ3v) is 2.73. The van der Waals surface area contributed by atoms with E-state index in [0.717, 1.165) is 25.6 Å². The normalized spacial score (nSPS) is 22.2. The van der Waals surface area contributed by atoms with Crippen molar-refractivity contribution < 1.29 is 8.78 Å². The van der Waals surface area contributed by atoms with E-state index in [0.29, 0.717) is 12.1 Å². The van der Waals surface area contributed by atoms with Gasteiger partial charge in [0.05, 0.1) is 0 Å².